The Hall–Kier alpha value is -1.19. The Labute approximate surface area is 113 Å². The molecule has 0 aliphatic heterocycles. The summed E-state index contributed by atoms with van der Waals surface area (Å²) in [5.41, 5.74) is 2.48. The van der Waals surface area contributed by atoms with E-state index in [4.69, 9.17) is 0 Å². The highest BCUT2D eigenvalue weighted by atomic mass is 32.1. The van der Waals surface area contributed by atoms with Crippen molar-refractivity contribution in [2.45, 2.75) is 39.3 Å². The second-order valence-corrected chi connectivity index (χ2v) is 5.59. The summed E-state index contributed by atoms with van der Waals surface area (Å²) in [4.78, 5) is 5.66. The maximum Gasteiger partial charge on any atom is 0.0417 e. The van der Waals surface area contributed by atoms with Crippen LogP contribution in [-0.4, -0.2) is 4.98 Å². The summed E-state index contributed by atoms with van der Waals surface area (Å²) in [6.07, 6.45) is 6.21. The average molecular weight is 260 g/mol. The van der Waals surface area contributed by atoms with Crippen LogP contribution in [0.15, 0.2) is 36.0 Å². The normalized spacial score (nSPS) is 12.6. The molecule has 0 bridgehead atoms. The van der Waals surface area contributed by atoms with Crippen molar-refractivity contribution in [1.29, 1.82) is 0 Å². The van der Waals surface area contributed by atoms with E-state index in [1.165, 1.54) is 28.8 Å². The Bertz CT molecular complexity index is 465. The van der Waals surface area contributed by atoms with E-state index in [0.29, 0.717) is 6.04 Å². The molecule has 18 heavy (non-hydrogen) atoms. The van der Waals surface area contributed by atoms with Crippen LogP contribution >= 0.6 is 11.3 Å². The summed E-state index contributed by atoms with van der Waals surface area (Å²) in [6, 6.07) is 7.00. The van der Waals surface area contributed by atoms with E-state index in [0.717, 1.165) is 6.54 Å². The Kier molecular flexibility index (Phi) is 4.90. The molecule has 3 heteroatoms. The first kappa shape index (κ1) is 13.2. The molecule has 0 aliphatic carbocycles. The smallest absolute Gasteiger partial charge is 0.0417 e. The van der Waals surface area contributed by atoms with E-state index in [1.54, 1.807) is 0 Å². The van der Waals surface area contributed by atoms with Gasteiger partial charge in [0.1, 0.15) is 0 Å². The van der Waals surface area contributed by atoms with Gasteiger partial charge in [0.15, 0.2) is 0 Å². The van der Waals surface area contributed by atoms with E-state index in [1.807, 2.05) is 23.7 Å². The molecule has 0 aliphatic rings. The topological polar surface area (TPSA) is 24.9 Å². The molecule has 0 amide bonds. The van der Waals surface area contributed by atoms with Gasteiger partial charge in [-0.15, -0.1) is 11.3 Å². The quantitative estimate of drug-likeness (QED) is 0.846. The number of pyridine rings is 1. The predicted octanol–water partition coefficient (Wildman–Crippen LogP) is 4.08. The molecule has 2 aromatic rings. The molecule has 1 unspecified atom stereocenters. The zero-order valence-electron chi connectivity index (χ0n) is 11.0. The van der Waals surface area contributed by atoms with Gasteiger partial charge in [0, 0.05) is 29.9 Å². The standard InChI is InChI=1S/C15H20N2S/c1-3-5-14(15-6-4-7-18-15)17-11-13-8-12(2)9-16-10-13/h4,6-10,14,17H,3,5,11H2,1-2H3. The van der Waals surface area contributed by atoms with Crippen LogP contribution in [0.5, 0.6) is 0 Å². The van der Waals surface area contributed by atoms with E-state index in [9.17, 15) is 0 Å². The number of thiophene rings is 1. The maximum absolute atomic E-state index is 4.23. The number of hydrogen-bond donors (Lipinski definition) is 1. The van der Waals surface area contributed by atoms with Crippen LogP contribution in [0.2, 0.25) is 0 Å². The third-order valence-corrected chi connectivity index (χ3v) is 3.93. The van der Waals surface area contributed by atoms with Crippen molar-refractivity contribution < 1.29 is 0 Å². The summed E-state index contributed by atoms with van der Waals surface area (Å²) in [6.45, 7) is 5.20. The molecular formula is C15H20N2S. The van der Waals surface area contributed by atoms with Crippen molar-refractivity contribution in [2.24, 2.45) is 0 Å². The number of nitrogens with zero attached hydrogens (tertiary/aromatic N) is 1. The van der Waals surface area contributed by atoms with E-state index in [2.05, 4.69) is 47.7 Å². The van der Waals surface area contributed by atoms with Crippen LogP contribution in [-0.2, 0) is 6.54 Å². The zero-order chi connectivity index (χ0) is 12.8. The summed E-state index contributed by atoms with van der Waals surface area (Å²) in [5, 5.41) is 5.78. The molecule has 1 N–H and O–H groups in total. The molecule has 0 saturated heterocycles. The maximum atomic E-state index is 4.23. The number of nitrogens with one attached hydrogen (secondary N) is 1. The minimum absolute atomic E-state index is 0.468. The lowest BCUT2D eigenvalue weighted by atomic mass is 10.1. The van der Waals surface area contributed by atoms with Crippen LogP contribution in [0.1, 0.15) is 41.8 Å². The SMILES string of the molecule is CCCC(NCc1cncc(C)c1)c1cccs1. The Balaban J connectivity index is 1.98. The number of rotatable bonds is 6. The molecule has 2 rings (SSSR count). The van der Waals surface area contributed by atoms with Crippen molar-refractivity contribution >= 4 is 11.3 Å². The van der Waals surface area contributed by atoms with Gasteiger partial charge in [0.2, 0.25) is 0 Å². The number of hydrogen-bond acceptors (Lipinski definition) is 3. The summed E-state index contributed by atoms with van der Waals surface area (Å²) in [5.74, 6) is 0. The molecule has 96 valence electrons. The third-order valence-electron chi connectivity index (χ3n) is 2.95. The highest BCUT2D eigenvalue weighted by Crippen LogP contribution is 2.23. The monoisotopic (exact) mass is 260 g/mol. The van der Waals surface area contributed by atoms with Crippen molar-refractivity contribution in [2.75, 3.05) is 0 Å². The van der Waals surface area contributed by atoms with Crippen LogP contribution in [0.4, 0.5) is 0 Å². The molecule has 2 heterocycles. The minimum Gasteiger partial charge on any atom is -0.305 e. The third kappa shape index (κ3) is 3.65. The predicted molar refractivity (Wildman–Crippen MR) is 77.8 cm³/mol. The fourth-order valence-electron chi connectivity index (χ4n) is 2.08. The van der Waals surface area contributed by atoms with Crippen molar-refractivity contribution in [3.63, 3.8) is 0 Å². The highest BCUT2D eigenvalue weighted by Gasteiger charge is 2.10. The van der Waals surface area contributed by atoms with Gasteiger partial charge in [-0.05, 0) is 35.9 Å². The molecule has 1 atom stereocenters. The Morgan fingerprint density at radius 3 is 2.94 bits per heavy atom. The summed E-state index contributed by atoms with van der Waals surface area (Å²) < 4.78 is 0. The first-order valence-electron chi connectivity index (χ1n) is 6.47. The van der Waals surface area contributed by atoms with E-state index < -0.39 is 0 Å². The van der Waals surface area contributed by atoms with Gasteiger partial charge in [0.25, 0.3) is 0 Å². The molecule has 2 aromatic heterocycles. The molecule has 2 nitrogen and oxygen atoms in total. The highest BCUT2D eigenvalue weighted by molar-refractivity contribution is 7.10. The second-order valence-electron chi connectivity index (χ2n) is 4.61. The van der Waals surface area contributed by atoms with Gasteiger partial charge < -0.3 is 5.32 Å². The lowest BCUT2D eigenvalue weighted by Crippen LogP contribution is -2.20. The van der Waals surface area contributed by atoms with E-state index >= 15 is 0 Å². The van der Waals surface area contributed by atoms with Crippen LogP contribution in [0.25, 0.3) is 0 Å². The van der Waals surface area contributed by atoms with Gasteiger partial charge in [-0.1, -0.05) is 25.5 Å². The minimum atomic E-state index is 0.468. The second kappa shape index (κ2) is 6.66. The van der Waals surface area contributed by atoms with Gasteiger partial charge in [-0.3, -0.25) is 4.98 Å². The Morgan fingerprint density at radius 2 is 2.28 bits per heavy atom. The van der Waals surface area contributed by atoms with Gasteiger partial charge >= 0.3 is 0 Å². The Morgan fingerprint density at radius 1 is 1.39 bits per heavy atom. The number of aryl methyl sites for hydroxylation is 1. The molecule has 0 saturated carbocycles. The molecule has 0 aromatic carbocycles. The van der Waals surface area contributed by atoms with Gasteiger partial charge in [-0.2, -0.15) is 0 Å². The molecular weight excluding hydrogens is 240 g/mol. The van der Waals surface area contributed by atoms with E-state index in [-0.39, 0.29) is 0 Å². The zero-order valence-corrected chi connectivity index (χ0v) is 11.8. The largest absolute Gasteiger partial charge is 0.305 e. The molecule has 0 spiro atoms. The van der Waals surface area contributed by atoms with Crippen LogP contribution in [0, 0.1) is 6.92 Å². The number of aromatic nitrogens is 1. The fraction of sp³-hybridized carbons (Fsp3) is 0.400. The van der Waals surface area contributed by atoms with Crippen molar-refractivity contribution in [1.82, 2.24) is 10.3 Å². The lowest BCUT2D eigenvalue weighted by molar-refractivity contribution is 0.500. The van der Waals surface area contributed by atoms with Crippen molar-refractivity contribution in [3.05, 3.63) is 52.0 Å². The first-order valence-corrected chi connectivity index (χ1v) is 7.35. The van der Waals surface area contributed by atoms with Crippen LogP contribution < -0.4 is 5.32 Å². The fourth-order valence-corrected chi connectivity index (χ4v) is 2.92. The van der Waals surface area contributed by atoms with Crippen LogP contribution in [0.3, 0.4) is 0 Å². The van der Waals surface area contributed by atoms with Crippen molar-refractivity contribution in [3.8, 4) is 0 Å². The van der Waals surface area contributed by atoms with Gasteiger partial charge in [0.05, 0.1) is 0 Å². The lowest BCUT2D eigenvalue weighted by Gasteiger charge is -2.16. The van der Waals surface area contributed by atoms with Gasteiger partial charge in [-0.25, -0.2) is 0 Å². The molecule has 0 fully saturated rings. The average Bonchev–Trinajstić information content (AvgIpc) is 2.88. The summed E-state index contributed by atoms with van der Waals surface area (Å²) in [7, 11) is 0. The molecule has 0 radical (unpaired) electrons. The first-order chi connectivity index (χ1) is 8.79. The summed E-state index contributed by atoms with van der Waals surface area (Å²) >= 11 is 1.83.